The van der Waals surface area contributed by atoms with Crippen molar-refractivity contribution in [2.45, 2.75) is 6.92 Å². The Hall–Kier alpha value is -1.75. The van der Waals surface area contributed by atoms with Gasteiger partial charge in [0.1, 0.15) is 0 Å². The summed E-state index contributed by atoms with van der Waals surface area (Å²) in [5, 5.41) is 10.2. The molecule has 0 fully saturated rings. The number of carboxylic acid groups (broad SMARTS) is 1. The lowest BCUT2D eigenvalue weighted by atomic mass is 10.1. The Balaban J connectivity index is 3.31. The Bertz CT molecular complexity index is 375. The van der Waals surface area contributed by atoms with Gasteiger partial charge in [-0.3, -0.25) is 0 Å². The third kappa shape index (κ3) is 1.77. The van der Waals surface area contributed by atoms with E-state index in [2.05, 4.69) is 0 Å². The van der Waals surface area contributed by atoms with Crippen LogP contribution in [0.5, 0.6) is 0 Å². The van der Waals surface area contributed by atoms with Crippen LogP contribution in [0, 0.1) is 6.92 Å². The number of hydrazine groups is 1. The van der Waals surface area contributed by atoms with Crippen molar-refractivity contribution in [2.24, 2.45) is 5.84 Å². The van der Waals surface area contributed by atoms with E-state index in [0.29, 0.717) is 16.9 Å². The van der Waals surface area contributed by atoms with Gasteiger partial charge in [0.15, 0.2) is 0 Å². The Morgan fingerprint density at radius 1 is 1.50 bits per heavy atom. The molecule has 0 aromatic heterocycles. The number of rotatable bonds is 2. The fraction of sp³-hybridized carbons (Fsp3) is 0.222. The number of anilines is 2. The van der Waals surface area contributed by atoms with Gasteiger partial charge < -0.3 is 15.8 Å². The zero-order chi connectivity index (χ0) is 10.9. The molecule has 1 aromatic carbocycles. The molecule has 14 heavy (non-hydrogen) atoms. The van der Waals surface area contributed by atoms with E-state index in [1.807, 2.05) is 0 Å². The van der Waals surface area contributed by atoms with Crippen LogP contribution in [0.1, 0.15) is 15.9 Å². The van der Waals surface area contributed by atoms with Crippen LogP contribution in [-0.2, 0) is 0 Å². The summed E-state index contributed by atoms with van der Waals surface area (Å²) in [5.41, 5.74) is 7.46. The average molecular weight is 195 g/mol. The Morgan fingerprint density at radius 2 is 2.07 bits per heavy atom. The molecule has 5 heteroatoms. The number of hydrogen-bond donors (Lipinski definition) is 3. The lowest BCUT2D eigenvalue weighted by Crippen LogP contribution is -2.26. The number of hydrogen-bond acceptors (Lipinski definition) is 4. The van der Waals surface area contributed by atoms with Crippen molar-refractivity contribution in [1.29, 1.82) is 0 Å². The molecule has 5 nitrogen and oxygen atoms in total. The minimum Gasteiger partial charge on any atom is -0.478 e. The van der Waals surface area contributed by atoms with Crippen LogP contribution in [-0.4, -0.2) is 18.1 Å². The van der Waals surface area contributed by atoms with Gasteiger partial charge in [-0.05, 0) is 24.6 Å². The van der Waals surface area contributed by atoms with Gasteiger partial charge in [-0.15, -0.1) is 0 Å². The van der Waals surface area contributed by atoms with E-state index in [-0.39, 0.29) is 5.56 Å². The highest BCUT2D eigenvalue weighted by Crippen LogP contribution is 2.24. The maximum Gasteiger partial charge on any atom is 0.336 e. The monoisotopic (exact) mass is 195 g/mol. The summed E-state index contributed by atoms with van der Waals surface area (Å²) in [4.78, 5) is 10.8. The number of aryl methyl sites for hydroxylation is 1. The van der Waals surface area contributed by atoms with E-state index < -0.39 is 5.97 Å². The number of benzene rings is 1. The fourth-order valence-electron chi connectivity index (χ4n) is 1.25. The summed E-state index contributed by atoms with van der Waals surface area (Å²) in [7, 11) is 1.64. The summed E-state index contributed by atoms with van der Waals surface area (Å²) in [6.45, 7) is 1.70. The summed E-state index contributed by atoms with van der Waals surface area (Å²) in [6.07, 6.45) is 0. The molecular formula is C9H13N3O2. The first-order valence-electron chi connectivity index (χ1n) is 4.05. The lowest BCUT2D eigenvalue weighted by Gasteiger charge is -2.16. The second-order valence-corrected chi connectivity index (χ2v) is 3.14. The molecule has 0 amide bonds. The zero-order valence-corrected chi connectivity index (χ0v) is 8.11. The summed E-state index contributed by atoms with van der Waals surface area (Å²) in [5.74, 6) is 4.53. The minimum atomic E-state index is -0.986. The molecule has 0 saturated heterocycles. The van der Waals surface area contributed by atoms with Gasteiger partial charge in [-0.2, -0.15) is 0 Å². The van der Waals surface area contributed by atoms with Crippen LogP contribution in [0.2, 0.25) is 0 Å². The Labute approximate surface area is 81.9 Å². The van der Waals surface area contributed by atoms with Crippen molar-refractivity contribution in [3.05, 3.63) is 23.3 Å². The molecular weight excluding hydrogens is 182 g/mol. The molecule has 1 rings (SSSR count). The number of nitrogen functional groups attached to an aromatic ring is 1. The molecule has 0 aliphatic heterocycles. The minimum absolute atomic E-state index is 0.202. The van der Waals surface area contributed by atoms with E-state index in [0.717, 1.165) is 0 Å². The molecule has 1 aromatic rings. The van der Waals surface area contributed by atoms with Crippen molar-refractivity contribution in [3.8, 4) is 0 Å². The van der Waals surface area contributed by atoms with E-state index in [9.17, 15) is 4.79 Å². The SMILES string of the molecule is Cc1cc(N(C)N)c(N)cc1C(=O)O. The topological polar surface area (TPSA) is 92.6 Å². The van der Waals surface area contributed by atoms with Gasteiger partial charge in [0.05, 0.1) is 16.9 Å². The smallest absolute Gasteiger partial charge is 0.336 e. The molecule has 0 bridgehead atoms. The average Bonchev–Trinajstić information content (AvgIpc) is 2.07. The first-order valence-corrected chi connectivity index (χ1v) is 4.05. The van der Waals surface area contributed by atoms with Crippen molar-refractivity contribution < 1.29 is 9.90 Å². The fourth-order valence-corrected chi connectivity index (χ4v) is 1.25. The molecule has 76 valence electrons. The van der Waals surface area contributed by atoms with Gasteiger partial charge in [-0.25, -0.2) is 10.6 Å². The molecule has 0 atom stereocenters. The largest absolute Gasteiger partial charge is 0.478 e. The van der Waals surface area contributed by atoms with Crippen molar-refractivity contribution in [2.75, 3.05) is 17.8 Å². The quantitative estimate of drug-likeness (QED) is 0.365. The second kappa shape index (κ2) is 3.55. The van der Waals surface area contributed by atoms with Gasteiger partial charge in [0, 0.05) is 7.05 Å². The second-order valence-electron chi connectivity index (χ2n) is 3.14. The number of nitrogens with zero attached hydrogens (tertiary/aromatic N) is 1. The maximum absolute atomic E-state index is 10.8. The molecule has 5 N–H and O–H groups in total. The van der Waals surface area contributed by atoms with Crippen molar-refractivity contribution in [1.82, 2.24) is 0 Å². The Kier molecular flexibility index (Phi) is 2.62. The number of aromatic carboxylic acids is 1. The van der Waals surface area contributed by atoms with Crippen LogP contribution in [0.15, 0.2) is 12.1 Å². The highest BCUT2D eigenvalue weighted by Gasteiger charge is 2.11. The van der Waals surface area contributed by atoms with Crippen LogP contribution >= 0.6 is 0 Å². The van der Waals surface area contributed by atoms with Gasteiger partial charge in [0.25, 0.3) is 0 Å². The standard InChI is InChI=1S/C9H13N3O2/c1-5-3-8(12(2)11)7(10)4-6(5)9(13)14/h3-4H,10-11H2,1-2H3,(H,13,14). The zero-order valence-electron chi connectivity index (χ0n) is 8.11. The summed E-state index contributed by atoms with van der Waals surface area (Å²) < 4.78 is 0. The van der Waals surface area contributed by atoms with E-state index in [4.69, 9.17) is 16.7 Å². The highest BCUT2D eigenvalue weighted by atomic mass is 16.4. The van der Waals surface area contributed by atoms with Gasteiger partial charge in [0.2, 0.25) is 0 Å². The molecule has 0 unspecified atom stereocenters. The summed E-state index contributed by atoms with van der Waals surface area (Å²) >= 11 is 0. The third-order valence-electron chi connectivity index (χ3n) is 1.98. The number of carboxylic acids is 1. The first-order chi connectivity index (χ1) is 6.43. The lowest BCUT2D eigenvalue weighted by molar-refractivity contribution is 0.0696. The molecule has 0 radical (unpaired) electrons. The number of carbonyl (C=O) groups is 1. The predicted molar refractivity (Wildman–Crippen MR) is 55.1 cm³/mol. The molecule has 0 spiro atoms. The molecule has 0 aliphatic carbocycles. The third-order valence-corrected chi connectivity index (χ3v) is 1.98. The maximum atomic E-state index is 10.8. The molecule has 0 saturated carbocycles. The van der Waals surface area contributed by atoms with Gasteiger partial charge >= 0.3 is 5.97 Å². The van der Waals surface area contributed by atoms with Crippen molar-refractivity contribution in [3.63, 3.8) is 0 Å². The summed E-state index contributed by atoms with van der Waals surface area (Å²) in [6, 6.07) is 3.06. The van der Waals surface area contributed by atoms with E-state index in [1.54, 1.807) is 20.0 Å². The first kappa shape index (κ1) is 10.3. The number of nitrogens with two attached hydrogens (primary N) is 2. The van der Waals surface area contributed by atoms with E-state index in [1.165, 1.54) is 11.1 Å². The van der Waals surface area contributed by atoms with Crippen LogP contribution in [0.3, 0.4) is 0 Å². The van der Waals surface area contributed by atoms with Gasteiger partial charge in [-0.1, -0.05) is 0 Å². The van der Waals surface area contributed by atoms with E-state index >= 15 is 0 Å². The molecule has 0 heterocycles. The van der Waals surface area contributed by atoms with Crippen LogP contribution < -0.4 is 16.6 Å². The molecule has 0 aliphatic rings. The van der Waals surface area contributed by atoms with Crippen LogP contribution in [0.4, 0.5) is 11.4 Å². The Morgan fingerprint density at radius 3 is 2.50 bits per heavy atom. The van der Waals surface area contributed by atoms with Crippen LogP contribution in [0.25, 0.3) is 0 Å². The highest BCUT2D eigenvalue weighted by molar-refractivity contribution is 5.92. The van der Waals surface area contributed by atoms with Crippen molar-refractivity contribution >= 4 is 17.3 Å². The predicted octanol–water partition coefficient (Wildman–Crippen LogP) is 0.585. The normalized spacial score (nSPS) is 9.93.